The highest BCUT2D eigenvalue weighted by molar-refractivity contribution is 7.92. The van der Waals surface area contributed by atoms with Gasteiger partial charge < -0.3 is 5.32 Å². The van der Waals surface area contributed by atoms with E-state index in [1.165, 1.54) is 12.1 Å². The maximum Gasteiger partial charge on any atom is 0.240 e. The van der Waals surface area contributed by atoms with Gasteiger partial charge in [0.2, 0.25) is 15.9 Å². The third kappa shape index (κ3) is 5.56. The molecule has 1 amide bonds. The Labute approximate surface area is 153 Å². The molecule has 0 saturated carbocycles. The van der Waals surface area contributed by atoms with Gasteiger partial charge in [0.1, 0.15) is 12.4 Å². The Balaban J connectivity index is 2.03. The monoisotopic (exact) mass is 378 g/mol. The summed E-state index contributed by atoms with van der Waals surface area (Å²) in [5.41, 5.74) is 3.08. The van der Waals surface area contributed by atoms with Crippen molar-refractivity contribution in [3.05, 3.63) is 65.0 Å². The van der Waals surface area contributed by atoms with Crippen LogP contribution in [0.4, 0.5) is 10.1 Å². The van der Waals surface area contributed by atoms with Gasteiger partial charge in [0.25, 0.3) is 0 Å². The summed E-state index contributed by atoms with van der Waals surface area (Å²) in [7, 11) is -3.60. The van der Waals surface area contributed by atoms with Gasteiger partial charge in [0.15, 0.2) is 0 Å². The lowest BCUT2D eigenvalue weighted by Crippen LogP contribution is -2.41. The maximum absolute atomic E-state index is 12.9. The second-order valence-electron chi connectivity index (χ2n) is 6.29. The van der Waals surface area contributed by atoms with E-state index in [2.05, 4.69) is 5.32 Å². The lowest BCUT2D eigenvalue weighted by molar-refractivity contribution is -0.119. The van der Waals surface area contributed by atoms with Crippen LogP contribution in [0.3, 0.4) is 0 Å². The molecule has 5 nitrogen and oxygen atoms in total. The molecule has 140 valence electrons. The van der Waals surface area contributed by atoms with Crippen molar-refractivity contribution < 1.29 is 17.6 Å². The fourth-order valence-corrected chi connectivity index (χ4v) is 3.46. The summed E-state index contributed by atoms with van der Waals surface area (Å²) in [5.74, 6) is -0.700. The predicted octanol–water partition coefficient (Wildman–Crippen LogP) is 2.57. The molecule has 26 heavy (non-hydrogen) atoms. The number of anilines is 1. The summed E-state index contributed by atoms with van der Waals surface area (Å²) >= 11 is 0. The summed E-state index contributed by atoms with van der Waals surface area (Å²) in [4.78, 5) is 12.2. The van der Waals surface area contributed by atoms with Crippen LogP contribution >= 0.6 is 0 Å². The van der Waals surface area contributed by atoms with E-state index in [0.717, 1.165) is 27.3 Å². The molecule has 0 aromatic heterocycles. The number of nitrogens with zero attached hydrogens (tertiary/aromatic N) is 1. The highest BCUT2D eigenvalue weighted by atomic mass is 32.2. The first kappa shape index (κ1) is 19.9. The first-order valence-electron chi connectivity index (χ1n) is 8.23. The smallest absolute Gasteiger partial charge is 0.240 e. The Kier molecular flexibility index (Phi) is 6.37. The summed E-state index contributed by atoms with van der Waals surface area (Å²) in [6.45, 7) is 3.73. The van der Waals surface area contributed by atoms with Gasteiger partial charge in [-0.25, -0.2) is 12.8 Å². The minimum atomic E-state index is -3.60. The summed E-state index contributed by atoms with van der Waals surface area (Å²) < 4.78 is 38.3. The molecule has 0 spiro atoms. The van der Waals surface area contributed by atoms with E-state index < -0.39 is 15.9 Å². The highest BCUT2D eigenvalue weighted by Gasteiger charge is 2.22. The Morgan fingerprint density at radius 1 is 1.12 bits per heavy atom. The van der Waals surface area contributed by atoms with Crippen molar-refractivity contribution in [1.82, 2.24) is 5.32 Å². The Bertz CT molecular complexity index is 880. The topological polar surface area (TPSA) is 66.5 Å². The van der Waals surface area contributed by atoms with Gasteiger partial charge in [-0.3, -0.25) is 9.10 Å². The van der Waals surface area contributed by atoms with Crippen LogP contribution in [-0.2, 0) is 21.2 Å². The molecule has 0 aliphatic carbocycles. The number of benzene rings is 2. The van der Waals surface area contributed by atoms with E-state index in [0.29, 0.717) is 18.7 Å². The summed E-state index contributed by atoms with van der Waals surface area (Å²) in [5, 5.41) is 2.71. The van der Waals surface area contributed by atoms with E-state index in [9.17, 15) is 17.6 Å². The molecule has 0 heterocycles. The fraction of sp³-hybridized carbons (Fsp3) is 0.316. The van der Waals surface area contributed by atoms with Crippen molar-refractivity contribution in [3.8, 4) is 0 Å². The van der Waals surface area contributed by atoms with Crippen LogP contribution in [0.25, 0.3) is 0 Å². The van der Waals surface area contributed by atoms with Gasteiger partial charge in [-0.2, -0.15) is 0 Å². The van der Waals surface area contributed by atoms with Gasteiger partial charge >= 0.3 is 0 Å². The van der Waals surface area contributed by atoms with Crippen LogP contribution in [0, 0.1) is 19.7 Å². The third-order valence-corrected chi connectivity index (χ3v) is 5.10. The number of sulfonamides is 1. The normalized spacial score (nSPS) is 11.2. The molecule has 0 fully saturated rings. The zero-order valence-corrected chi connectivity index (χ0v) is 15.9. The van der Waals surface area contributed by atoms with Crippen LogP contribution in [0.5, 0.6) is 0 Å². The molecule has 0 unspecified atom stereocenters. The van der Waals surface area contributed by atoms with E-state index in [1.54, 1.807) is 25.1 Å². The molecule has 2 rings (SSSR count). The molecule has 7 heteroatoms. The molecule has 1 N–H and O–H groups in total. The number of carbonyl (C=O) groups excluding carboxylic acids is 1. The number of amides is 1. The molecular weight excluding hydrogens is 355 g/mol. The average molecular weight is 378 g/mol. The standard InChI is InChI=1S/C19H23FN2O3S/c1-14-4-5-15(2)18(12-14)22(26(3,24)25)13-19(23)21-11-10-16-6-8-17(20)9-7-16/h4-9,12H,10-11,13H2,1-3H3,(H,21,23). The minimum absolute atomic E-state index is 0.285. The molecular formula is C19H23FN2O3S. The fourth-order valence-electron chi connectivity index (χ4n) is 2.55. The molecule has 0 bridgehead atoms. The maximum atomic E-state index is 12.9. The van der Waals surface area contributed by atoms with Crippen molar-refractivity contribution in [2.24, 2.45) is 0 Å². The van der Waals surface area contributed by atoms with Crippen molar-refractivity contribution >= 4 is 21.6 Å². The molecule has 0 atom stereocenters. The first-order chi connectivity index (χ1) is 12.2. The summed E-state index contributed by atoms with van der Waals surface area (Å²) in [6, 6.07) is 11.5. The molecule has 0 radical (unpaired) electrons. The van der Waals surface area contributed by atoms with Gasteiger partial charge in [0.05, 0.1) is 11.9 Å². The third-order valence-electron chi connectivity index (χ3n) is 3.97. The van der Waals surface area contributed by atoms with Crippen LogP contribution in [0.1, 0.15) is 16.7 Å². The van der Waals surface area contributed by atoms with Crippen molar-refractivity contribution in [1.29, 1.82) is 0 Å². The zero-order chi connectivity index (χ0) is 19.3. The first-order valence-corrected chi connectivity index (χ1v) is 10.1. The molecule has 0 aliphatic rings. The van der Waals surface area contributed by atoms with Crippen molar-refractivity contribution in [3.63, 3.8) is 0 Å². The number of aryl methyl sites for hydroxylation is 2. The van der Waals surface area contributed by atoms with Crippen molar-refractivity contribution in [2.45, 2.75) is 20.3 Å². The second-order valence-corrected chi connectivity index (χ2v) is 8.19. The van der Waals surface area contributed by atoms with Gasteiger partial charge in [-0.1, -0.05) is 24.3 Å². The second kappa shape index (κ2) is 8.31. The molecule has 2 aromatic rings. The lowest BCUT2D eigenvalue weighted by atomic mass is 10.1. The van der Waals surface area contributed by atoms with Crippen LogP contribution < -0.4 is 9.62 Å². The molecule has 0 saturated heterocycles. The van der Waals surface area contributed by atoms with E-state index in [4.69, 9.17) is 0 Å². The number of nitrogens with one attached hydrogen (secondary N) is 1. The van der Waals surface area contributed by atoms with E-state index in [-0.39, 0.29) is 12.4 Å². The number of rotatable bonds is 7. The minimum Gasteiger partial charge on any atom is -0.354 e. The van der Waals surface area contributed by atoms with Crippen LogP contribution in [-0.4, -0.2) is 33.7 Å². The number of halogens is 1. The van der Waals surface area contributed by atoms with Crippen LogP contribution in [0.15, 0.2) is 42.5 Å². The largest absolute Gasteiger partial charge is 0.354 e. The zero-order valence-electron chi connectivity index (χ0n) is 15.1. The predicted molar refractivity (Wildman–Crippen MR) is 101 cm³/mol. The Hall–Kier alpha value is -2.41. The highest BCUT2D eigenvalue weighted by Crippen LogP contribution is 2.23. The molecule has 2 aromatic carbocycles. The van der Waals surface area contributed by atoms with Gasteiger partial charge in [0, 0.05) is 6.54 Å². The van der Waals surface area contributed by atoms with E-state index >= 15 is 0 Å². The lowest BCUT2D eigenvalue weighted by Gasteiger charge is -2.24. The number of hydrogen-bond donors (Lipinski definition) is 1. The van der Waals surface area contributed by atoms with Crippen LogP contribution in [0.2, 0.25) is 0 Å². The van der Waals surface area contributed by atoms with Gasteiger partial charge in [-0.05, 0) is 55.2 Å². The number of carbonyl (C=O) groups is 1. The van der Waals surface area contributed by atoms with Crippen molar-refractivity contribution in [2.75, 3.05) is 23.7 Å². The summed E-state index contributed by atoms with van der Waals surface area (Å²) in [6.07, 6.45) is 1.62. The number of hydrogen-bond acceptors (Lipinski definition) is 3. The van der Waals surface area contributed by atoms with E-state index in [1.807, 2.05) is 19.1 Å². The quantitative estimate of drug-likeness (QED) is 0.805. The SMILES string of the molecule is Cc1ccc(C)c(N(CC(=O)NCCc2ccc(F)cc2)S(C)(=O)=O)c1. The van der Waals surface area contributed by atoms with Gasteiger partial charge in [-0.15, -0.1) is 0 Å². The Morgan fingerprint density at radius 3 is 2.38 bits per heavy atom. The average Bonchev–Trinajstić information content (AvgIpc) is 2.56. The Morgan fingerprint density at radius 2 is 1.77 bits per heavy atom. The molecule has 0 aliphatic heterocycles.